The van der Waals surface area contributed by atoms with Gasteiger partial charge in [0.2, 0.25) is 0 Å². The van der Waals surface area contributed by atoms with Crippen LogP contribution in [0.3, 0.4) is 0 Å². The molecule has 142 valence electrons. The summed E-state index contributed by atoms with van der Waals surface area (Å²) >= 11 is 0. The fourth-order valence-corrected chi connectivity index (χ4v) is 5.19. The second-order valence-corrected chi connectivity index (χ2v) is 8.37. The number of nitrogens with zero attached hydrogens (tertiary/aromatic N) is 2. The van der Waals surface area contributed by atoms with Gasteiger partial charge in [0.1, 0.15) is 6.07 Å². The van der Waals surface area contributed by atoms with Crippen LogP contribution in [0.5, 0.6) is 0 Å². The number of rotatable bonds is 5. The highest BCUT2D eigenvalue weighted by atomic mass is 19.1. The molecule has 0 heterocycles. The van der Waals surface area contributed by atoms with Gasteiger partial charge >= 0.3 is 0 Å². The lowest BCUT2D eigenvalue weighted by molar-refractivity contribution is 0.157. The smallest absolute Gasteiger partial charge is 0.195 e. The van der Waals surface area contributed by atoms with E-state index >= 15 is 0 Å². The Morgan fingerprint density at radius 1 is 0.926 bits per heavy atom. The highest BCUT2D eigenvalue weighted by Crippen LogP contribution is 2.44. The van der Waals surface area contributed by atoms with E-state index in [1.54, 1.807) is 6.07 Å². The molecule has 0 unspecified atom stereocenters. The Labute approximate surface area is 162 Å². The lowest BCUT2D eigenvalue weighted by atomic mass is 9.68. The summed E-state index contributed by atoms with van der Waals surface area (Å²) < 4.78 is 12.9. The van der Waals surface area contributed by atoms with Crippen molar-refractivity contribution in [1.29, 1.82) is 10.5 Å². The molecule has 0 spiro atoms. The van der Waals surface area contributed by atoms with Crippen molar-refractivity contribution < 1.29 is 4.39 Å². The Balaban J connectivity index is 1.40. The summed E-state index contributed by atoms with van der Waals surface area (Å²) in [4.78, 5) is 0. The van der Waals surface area contributed by atoms with Crippen molar-refractivity contribution in [3.63, 3.8) is 0 Å². The summed E-state index contributed by atoms with van der Waals surface area (Å²) in [5.41, 5.74) is 2.14. The Morgan fingerprint density at radius 2 is 1.52 bits per heavy atom. The molecule has 3 heteroatoms. The second-order valence-electron chi connectivity index (χ2n) is 8.37. The van der Waals surface area contributed by atoms with Crippen LogP contribution in [-0.2, 0) is 0 Å². The van der Waals surface area contributed by atoms with E-state index in [1.807, 2.05) is 12.1 Å². The molecule has 3 rings (SSSR count). The maximum Gasteiger partial charge on any atom is 0.196 e. The Kier molecular flexibility index (Phi) is 7.05. The van der Waals surface area contributed by atoms with Crippen LogP contribution < -0.4 is 0 Å². The molecule has 0 atom stereocenters. The average molecular weight is 365 g/mol. The van der Waals surface area contributed by atoms with E-state index in [1.165, 1.54) is 63.0 Å². The van der Waals surface area contributed by atoms with Crippen molar-refractivity contribution in [2.75, 3.05) is 0 Å². The van der Waals surface area contributed by atoms with Crippen LogP contribution in [0.4, 0.5) is 4.39 Å². The third-order valence-electron chi connectivity index (χ3n) is 6.85. The van der Waals surface area contributed by atoms with Gasteiger partial charge in [-0.3, -0.25) is 0 Å². The fraction of sp³-hybridized carbons (Fsp3) is 0.583. The molecule has 0 amide bonds. The van der Waals surface area contributed by atoms with E-state index in [-0.39, 0.29) is 0 Å². The van der Waals surface area contributed by atoms with Gasteiger partial charge in [0, 0.05) is 0 Å². The summed E-state index contributed by atoms with van der Waals surface area (Å²) in [7, 11) is 0. The summed E-state index contributed by atoms with van der Waals surface area (Å²) in [6.45, 7) is 0. The molecule has 0 N–H and O–H groups in total. The Hall–Kier alpha value is -2.13. The summed E-state index contributed by atoms with van der Waals surface area (Å²) in [5.74, 6) is 2.47. The van der Waals surface area contributed by atoms with Crippen molar-refractivity contribution in [2.45, 2.75) is 70.1 Å². The molecule has 2 nitrogen and oxygen atoms in total. The van der Waals surface area contributed by atoms with Gasteiger partial charge in [-0.2, -0.15) is 14.9 Å². The van der Waals surface area contributed by atoms with Crippen LogP contribution in [0.1, 0.15) is 81.3 Å². The molecule has 0 radical (unpaired) electrons. The molecular formula is C24H29FN2. The van der Waals surface area contributed by atoms with Crippen LogP contribution in [-0.4, -0.2) is 0 Å². The highest BCUT2D eigenvalue weighted by molar-refractivity contribution is 5.33. The van der Waals surface area contributed by atoms with Crippen molar-refractivity contribution in [3.05, 3.63) is 47.3 Å². The minimum absolute atomic E-state index is 0.636. The molecule has 0 saturated heterocycles. The first kappa shape index (κ1) is 19.6. The topological polar surface area (TPSA) is 47.6 Å². The zero-order valence-corrected chi connectivity index (χ0v) is 16.0. The number of hydrogen-bond acceptors (Lipinski definition) is 2. The first-order valence-electron chi connectivity index (χ1n) is 10.5. The van der Waals surface area contributed by atoms with Gasteiger partial charge in [0.05, 0.1) is 11.6 Å². The van der Waals surface area contributed by atoms with Crippen LogP contribution in [0.2, 0.25) is 0 Å². The molecule has 0 aromatic heterocycles. The number of hydrogen-bond donors (Lipinski definition) is 0. The summed E-state index contributed by atoms with van der Waals surface area (Å²) in [5, 5.41) is 17.4. The molecule has 2 aliphatic rings. The molecule has 2 aliphatic carbocycles. The van der Waals surface area contributed by atoms with Gasteiger partial charge in [-0.05, 0) is 98.8 Å². The predicted octanol–water partition coefficient (Wildman–Crippen LogP) is 6.80. The molecule has 2 saturated carbocycles. The molecule has 1 aromatic rings. The number of halogens is 1. The second kappa shape index (κ2) is 9.70. The van der Waals surface area contributed by atoms with Crippen molar-refractivity contribution in [3.8, 4) is 12.1 Å². The van der Waals surface area contributed by atoms with Crippen molar-refractivity contribution in [2.24, 2.45) is 17.8 Å². The molecular weight excluding hydrogens is 335 g/mol. The van der Waals surface area contributed by atoms with Crippen LogP contribution in [0, 0.1) is 40.4 Å². The van der Waals surface area contributed by atoms with Gasteiger partial charge in [-0.1, -0.05) is 25.0 Å². The number of nitriles is 2. The fourth-order valence-electron chi connectivity index (χ4n) is 5.19. The van der Waals surface area contributed by atoms with E-state index < -0.39 is 5.83 Å². The minimum Gasteiger partial charge on any atom is -0.195 e. The molecule has 0 bridgehead atoms. The normalized spacial score (nSPS) is 28.9. The van der Waals surface area contributed by atoms with Gasteiger partial charge in [0.15, 0.2) is 5.83 Å². The Morgan fingerprint density at radius 3 is 2.07 bits per heavy atom. The largest absolute Gasteiger partial charge is 0.196 e. The monoisotopic (exact) mass is 364 g/mol. The molecule has 1 aromatic carbocycles. The maximum atomic E-state index is 12.9. The van der Waals surface area contributed by atoms with Crippen LogP contribution >= 0.6 is 0 Å². The van der Waals surface area contributed by atoms with Crippen LogP contribution in [0.15, 0.2) is 36.2 Å². The lowest BCUT2D eigenvalue weighted by Gasteiger charge is -2.38. The number of allylic oxidation sites excluding steroid dienone is 2. The standard InChI is InChI=1S/C24H29FN2/c25-24(17-27)3-1-2-18-4-8-20(9-5-18)22-12-14-23(15-13-22)21-10-6-19(16-26)7-11-21/h3,6-7,10-11,18,20,22-23H,1-2,4-5,8-9,12-15H2/b24-3-. The zero-order valence-electron chi connectivity index (χ0n) is 16.0. The van der Waals surface area contributed by atoms with E-state index in [9.17, 15) is 4.39 Å². The average Bonchev–Trinajstić information content (AvgIpc) is 2.74. The first-order valence-corrected chi connectivity index (χ1v) is 10.5. The van der Waals surface area contributed by atoms with Gasteiger partial charge in [-0.15, -0.1) is 0 Å². The van der Waals surface area contributed by atoms with Crippen molar-refractivity contribution >= 4 is 0 Å². The van der Waals surface area contributed by atoms with Gasteiger partial charge in [-0.25, -0.2) is 0 Å². The summed E-state index contributed by atoms with van der Waals surface area (Å²) in [6.07, 6.45) is 13.5. The summed E-state index contributed by atoms with van der Waals surface area (Å²) in [6, 6.07) is 11.9. The third kappa shape index (κ3) is 5.43. The van der Waals surface area contributed by atoms with E-state index in [0.717, 1.165) is 23.8 Å². The van der Waals surface area contributed by atoms with Gasteiger partial charge < -0.3 is 0 Å². The third-order valence-corrected chi connectivity index (χ3v) is 6.85. The zero-order chi connectivity index (χ0) is 19.1. The van der Waals surface area contributed by atoms with E-state index in [4.69, 9.17) is 10.5 Å². The van der Waals surface area contributed by atoms with Gasteiger partial charge in [0.25, 0.3) is 0 Å². The predicted molar refractivity (Wildman–Crippen MR) is 105 cm³/mol. The van der Waals surface area contributed by atoms with Crippen molar-refractivity contribution in [1.82, 2.24) is 0 Å². The quantitative estimate of drug-likeness (QED) is 0.540. The molecule has 2 fully saturated rings. The maximum absolute atomic E-state index is 12.9. The molecule has 27 heavy (non-hydrogen) atoms. The lowest BCUT2D eigenvalue weighted by Crippen LogP contribution is -2.25. The van der Waals surface area contributed by atoms with E-state index in [2.05, 4.69) is 18.2 Å². The SMILES string of the molecule is N#C/C(F)=C/CCC1CCC(C2CCC(c3ccc(C#N)cc3)CC2)CC1. The Bertz CT molecular complexity index is 706. The molecule has 0 aliphatic heterocycles. The van der Waals surface area contributed by atoms with E-state index in [0.29, 0.717) is 18.3 Å². The first-order chi connectivity index (χ1) is 13.2. The van der Waals surface area contributed by atoms with Crippen LogP contribution in [0.25, 0.3) is 0 Å². The highest BCUT2D eigenvalue weighted by Gasteiger charge is 2.31. The minimum atomic E-state index is -0.636. The number of benzene rings is 1.